The van der Waals surface area contributed by atoms with Crippen molar-refractivity contribution in [3.63, 3.8) is 0 Å². The summed E-state index contributed by atoms with van der Waals surface area (Å²) in [7, 11) is 1.18. The first-order valence-corrected chi connectivity index (χ1v) is 8.41. The van der Waals surface area contributed by atoms with Crippen LogP contribution in [0.15, 0.2) is 0 Å². The molecule has 1 saturated heterocycles. The van der Waals surface area contributed by atoms with E-state index in [2.05, 4.69) is 12.2 Å². The van der Waals surface area contributed by atoms with Crippen molar-refractivity contribution < 1.29 is 13.7 Å². The van der Waals surface area contributed by atoms with Gasteiger partial charge in [0.05, 0.1) is 18.5 Å². The molecular weight excluding hydrogens is 250 g/mol. The average Bonchev–Trinajstić information content (AvgIpc) is 2.84. The molecule has 3 unspecified atom stereocenters. The fraction of sp³-hybridized carbons (Fsp3) is 1.00. The van der Waals surface area contributed by atoms with Gasteiger partial charge in [0, 0.05) is 35.4 Å². The molecule has 0 aromatic carbocycles. The van der Waals surface area contributed by atoms with Crippen molar-refractivity contribution in [1.29, 1.82) is 0 Å². The molecule has 5 heteroatoms. The van der Waals surface area contributed by atoms with Crippen LogP contribution in [0.25, 0.3) is 0 Å². The summed E-state index contributed by atoms with van der Waals surface area (Å²) in [6.45, 7) is 3.50. The normalized spacial score (nSPS) is 32.8. The third-order valence-corrected chi connectivity index (χ3v) is 5.88. The predicted octanol–water partition coefficient (Wildman–Crippen LogP) is 1.42. The van der Waals surface area contributed by atoms with Crippen LogP contribution in [0.4, 0.5) is 0 Å². The van der Waals surface area contributed by atoms with Gasteiger partial charge < -0.3 is 14.8 Å². The molecule has 1 saturated carbocycles. The maximum atomic E-state index is 12.4. The van der Waals surface area contributed by atoms with Crippen LogP contribution in [0, 0.1) is 0 Å². The van der Waals surface area contributed by atoms with E-state index in [0.29, 0.717) is 19.3 Å². The number of unbranched alkanes of at least 4 members (excludes halogenated alkanes) is 1. The van der Waals surface area contributed by atoms with E-state index in [-0.39, 0.29) is 5.25 Å². The Hall–Kier alpha value is 0.0300. The molecule has 2 rings (SSSR count). The Bertz CT molecular complexity index is 292. The van der Waals surface area contributed by atoms with Gasteiger partial charge >= 0.3 is 0 Å². The quantitative estimate of drug-likeness (QED) is 0.824. The molecule has 2 aliphatic rings. The van der Waals surface area contributed by atoms with Gasteiger partial charge in [-0.3, -0.25) is 4.21 Å². The lowest BCUT2D eigenvalue weighted by molar-refractivity contribution is -0.178. The van der Waals surface area contributed by atoms with Gasteiger partial charge in [-0.05, 0) is 19.9 Å². The molecule has 0 radical (unpaired) electrons. The minimum atomic E-state index is -0.781. The molecule has 0 aromatic heterocycles. The molecule has 1 spiro atoms. The van der Waals surface area contributed by atoms with E-state index in [4.69, 9.17) is 9.47 Å². The molecule has 1 aliphatic heterocycles. The molecule has 4 nitrogen and oxygen atoms in total. The first kappa shape index (κ1) is 14.4. The van der Waals surface area contributed by atoms with Crippen LogP contribution in [-0.2, 0) is 20.3 Å². The van der Waals surface area contributed by atoms with Crippen LogP contribution >= 0.6 is 0 Å². The molecule has 1 heterocycles. The van der Waals surface area contributed by atoms with Gasteiger partial charge in [0.15, 0.2) is 5.79 Å². The maximum absolute atomic E-state index is 12.4. The molecule has 106 valence electrons. The van der Waals surface area contributed by atoms with Gasteiger partial charge in [-0.25, -0.2) is 0 Å². The van der Waals surface area contributed by atoms with Crippen LogP contribution in [0.5, 0.6) is 0 Å². The average molecular weight is 275 g/mol. The Labute approximate surface area is 112 Å². The topological polar surface area (TPSA) is 47.6 Å². The Morgan fingerprint density at radius 3 is 2.72 bits per heavy atom. The Kier molecular flexibility index (Phi) is 5.18. The highest BCUT2D eigenvalue weighted by molar-refractivity contribution is 7.85. The number of nitrogens with one attached hydrogen (secondary N) is 1. The summed E-state index contributed by atoms with van der Waals surface area (Å²) in [4.78, 5) is 0. The SMILES string of the molecule is CCCCS(=O)C1CC2(CCC1NC)OCCO2. The second kappa shape index (κ2) is 6.46. The Morgan fingerprint density at radius 1 is 1.39 bits per heavy atom. The zero-order chi connectivity index (χ0) is 13.0. The lowest BCUT2D eigenvalue weighted by Gasteiger charge is -2.40. The van der Waals surface area contributed by atoms with E-state index >= 15 is 0 Å². The van der Waals surface area contributed by atoms with Crippen LogP contribution < -0.4 is 5.32 Å². The van der Waals surface area contributed by atoms with E-state index < -0.39 is 16.6 Å². The maximum Gasteiger partial charge on any atom is 0.169 e. The van der Waals surface area contributed by atoms with E-state index in [1.54, 1.807) is 0 Å². The van der Waals surface area contributed by atoms with Crippen molar-refractivity contribution in [2.75, 3.05) is 26.0 Å². The van der Waals surface area contributed by atoms with Gasteiger partial charge in [0.1, 0.15) is 0 Å². The van der Waals surface area contributed by atoms with Gasteiger partial charge in [0.2, 0.25) is 0 Å². The summed E-state index contributed by atoms with van der Waals surface area (Å²) >= 11 is 0. The smallest absolute Gasteiger partial charge is 0.169 e. The zero-order valence-corrected chi connectivity index (χ0v) is 12.3. The summed E-state index contributed by atoms with van der Waals surface area (Å²) in [6.07, 6.45) is 4.81. The number of ether oxygens (including phenoxy) is 2. The van der Waals surface area contributed by atoms with Crippen LogP contribution in [0.1, 0.15) is 39.0 Å². The monoisotopic (exact) mass is 275 g/mol. The van der Waals surface area contributed by atoms with E-state index in [9.17, 15) is 4.21 Å². The van der Waals surface area contributed by atoms with Crippen molar-refractivity contribution in [1.82, 2.24) is 5.32 Å². The Balaban J connectivity index is 2.00. The molecule has 1 N–H and O–H groups in total. The van der Waals surface area contributed by atoms with Gasteiger partial charge in [-0.1, -0.05) is 13.3 Å². The Morgan fingerprint density at radius 2 is 2.11 bits per heavy atom. The minimum absolute atomic E-state index is 0.161. The van der Waals surface area contributed by atoms with Crippen LogP contribution in [-0.4, -0.2) is 47.3 Å². The second-order valence-electron chi connectivity index (χ2n) is 5.22. The van der Waals surface area contributed by atoms with E-state index in [0.717, 1.165) is 37.9 Å². The second-order valence-corrected chi connectivity index (χ2v) is 7.00. The molecule has 3 atom stereocenters. The molecule has 0 bridgehead atoms. The lowest BCUT2D eigenvalue weighted by atomic mass is 9.89. The molecule has 2 fully saturated rings. The molecule has 0 amide bonds. The zero-order valence-electron chi connectivity index (χ0n) is 11.4. The first-order valence-electron chi connectivity index (χ1n) is 7.03. The van der Waals surface area contributed by atoms with Gasteiger partial charge in [-0.15, -0.1) is 0 Å². The third kappa shape index (κ3) is 3.13. The largest absolute Gasteiger partial charge is 0.347 e. The van der Waals surface area contributed by atoms with Crippen molar-refractivity contribution in [2.24, 2.45) is 0 Å². The highest BCUT2D eigenvalue weighted by atomic mass is 32.2. The fourth-order valence-corrected chi connectivity index (χ4v) is 4.87. The first-order chi connectivity index (χ1) is 8.71. The number of hydrogen-bond donors (Lipinski definition) is 1. The lowest BCUT2D eigenvalue weighted by Crippen LogP contribution is -2.52. The molecule has 0 aromatic rings. The molecule has 1 aliphatic carbocycles. The standard InChI is InChI=1S/C13H25NO3S/c1-3-4-9-18(15)12-10-13(16-7-8-17-13)6-5-11(12)14-2/h11-12,14H,3-10H2,1-2H3. The predicted molar refractivity (Wildman–Crippen MR) is 73.0 cm³/mol. The van der Waals surface area contributed by atoms with Crippen molar-refractivity contribution in [2.45, 2.75) is 56.1 Å². The molecule has 18 heavy (non-hydrogen) atoms. The van der Waals surface area contributed by atoms with Crippen LogP contribution in [0.2, 0.25) is 0 Å². The third-order valence-electron chi connectivity index (χ3n) is 4.02. The van der Waals surface area contributed by atoms with Gasteiger partial charge in [-0.2, -0.15) is 0 Å². The highest BCUT2D eigenvalue weighted by Gasteiger charge is 2.46. The van der Waals surface area contributed by atoms with Crippen LogP contribution in [0.3, 0.4) is 0 Å². The summed E-state index contributed by atoms with van der Waals surface area (Å²) in [5.41, 5.74) is 0. The number of hydrogen-bond acceptors (Lipinski definition) is 4. The van der Waals surface area contributed by atoms with E-state index in [1.807, 2.05) is 7.05 Å². The highest BCUT2D eigenvalue weighted by Crippen LogP contribution is 2.37. The summed E-state index contributed by atoms with van der Waals surface area (Å²) in [5.74, 6) is 0.370. The molecular formula is C13H25NO3S. The minimum Gasteiger partial charge on any atom is -0.347 e. The summed E-state index contributed by atoms with van der Waals surface area (Å²) in [6, 6.07) is 0.334. The van der Waals surface area contributed by atoms with Crippen molar-refractivity contribution >= 4 is 10.8 Å². The fourth-order valence-electron chi connectivity index (χ4n) is 2.92. The van der Waals surface area contributed by atoms with Crippen molar-refractivity contribution in [3.8, 4) is 0 Å². The summed E-state index contributed by atoms with van der Waals surface area (Å²) in [5, 5.41) is 3.47. The van der Waals surface area contributed by atoms with Gasteiger partial charge in [0.25, 0.3) is 0 Å². The number of rotatable bonds is 5. The summed E-state index contributed by atoms with van der Waals surface area (Å²) < 4.78 is 24.0. The van der Waals surface area contributed by atoms with Crippen molar-refractivity contribution in [3.05, 3.63) is 0 Å². The van der Waals surface area contributed by atoms with E-state index in [1.165, 1.54) is 0 Å².